The largest absolute Gasteiger partial charge is 0.478 e. The summed E-state index contributed by atoms with van der Waals surface area (Å²) in [4.78, 5) is 11.1. The first-order chi connectivity index (χ1) is 9.40. The lowest BCUT2D eigenvalue weighted by molar-refractivity contribution is 0.0697. The van der Waals surface area contributed by atoms with Crippen LogP contribution in [0.5, 0.6) is 0 Å². The Hall–Kier alpha value is -1.95. The van der Waals surface area contributed by atoms with Gasteiger partial charge in [0.1, 0.15) is 11.6 Å². The van der Waals surface area contributed by atoms with E-state index in [1.54, 1.807) is 6.92 Å². The van der Waals surface area contributed by atoms with E-state index in [1.807, 2.05) is 0 Å². The van der Waals surface area contributed by atoms with Crippen molar-refractivity contribution >= 4 is 33.3 Å². The summed E-state index contributed by atoms with van der Waals surface area (Å²) in [7, 11) is 0. The average molecular weight is 342 g/mol. The summed E-state index contributed by atoms with van der Waals surface area (Å²) in [5.41, 5.74) is 0.550. The van der Waals surface area contributed by atoms with E-state index < -0.39 is 17.6 Å². The number of benzene rings is 2. The molecule has 0 heterocycles. The van der Waals surface area contributed by atoms with Gasteiger partial charge in [-0.15, -0.1) is 0 Å². The van der Waals surface area contributed by atoms with Crippen LogP contribution in [-0.4, -0.2) is 11.1 Å². The molecule has 0 aliphatic heterocycles. The molecule has 0 atom stereocenters. The number of carboxylic acid groups (broad SMARTS) is 1. The summed E-state index contributed by atoms with van der Waals surface area (Å²) in [5.74, 6) is -2.50. The molecule has 0 spiro atoms. The van der Waals surface area contributed by atoms with Crippen LogP contribution < -0.4 is 5.32 Å². The van der Waals surface area contributed by atoms with E-state index in [0.29, 0.717) is 11.3 Å². The molecular formula is C14H10BrF2NO2. The quantitative estimate of drug-likeness (QED) is 0.865. The van der Waals surface area contributed by atoms with Gasteiger partial charge in [0.25, 0.3) is 0 Å². The average Bonchev–Trinajstić information content (AvgIpc) is 2.37. The zero-order valence-corrected chi connectivity index (χ0v) is 12.0. The monoisotopic (exact) mass is 341 g/mol. The summed E-state index contributed by atoms with van der Waals surface area (Å²) < 4.78 is 27.6. The number of hydrogen-bond donors (Lipinski definition) is 2. The Labute approximate surface area is 122 Å². The van der Waals surface area contributed by atoms with E-state index >= 15 is 0 Å². The van der Waals surface area contributed by atoms with Crippen LogP contribution in [0.2, 0.25) is 0 Å². The van der Waals surface area contributed by atoms with Crippen molar-refractivity contribution in [3.63, 3.8) is 0 Å². The summed E-state index contributed by atoms with van der Waals surface area (Å²) in [6, 6.07) is 6.42. The molecule has 2 rings (SSSR count). The molecule has 0 radical (unpaired) electrons. The fourth-order valence-electron chi connectivity index (χ4n) is 1.75. The standard InChI is InChI=1S/C14H10BrF2NO2/c1-7-5-9(15)11(17)6-12(7)18-13-8(14(19)20)3-2-4-10(13)16/h2-6,18H,1H3,(H,19,20). The third-order valence-corrected chi connectivity index (χ3v) is 3.38. The van der Waals surface area contributed by atoms with Crippen molar-refractivity contribution < 1.29 is 18.7 Å². The van der Waals surface area contributed by atoms with Gasteiger partial charge in [-0.25, -0.2) is 13.6 Å². The van der Waals surface area contributed by atoms with Gasteiger partial charge in [-0.2, -0.15) is 0 Å². The number of carboxylic acids is 1. The zero-order chi connectivity index (χ0) is 14.9. The number of hydrogen-bond acceptors (Lipinski definition) is 2. The lowest BCUT2D eigenvalue weighted by atomic mass is 10.1. The zero-order valence-electron chi connectivity index (χ0n) is 10.4. The van der Waals surface area contributed by atoms with Gasteiger partial charge in [-0.1, -0.05) is 6.07 Å². The molecule has 0 aromatic heterocycles. The number of aromatic carboxylic acids is 1. The number of rotatable bonds is 3. The maximum Gasteiger partial charge on any atom is 0.337 e. The van der Waals surface area contributed by atoms with Gasteiger partial charge < -0.3 is 10.4 Å². The normalized spacial score (nSPS) is 10.4. The number of para-hydroxylation sites is 1. The maximum absolute atomic E-state index is 13.8. The van der Waals surface area contributed by atoms with E-state index in [4.69, 9.17) is 5.11 Å². The molecule has 0 unspecified atom stereocenters. The molecule has 0 saturated carbocycles. The van der Waals surface area contributed by atoms with Crippen molar-refractivity contribution in [3.8, 4) is 0 Å². The van der Waals surface area contributed by atoms with Gasteiger partial charge >= 0.3 is 5.97 Å². The van der Waals surface area contributed by atoms with Crippen molar-refractivity contribution in [1.82, 2.24) is 0 Å². The number of anilines is 2. The highest BCUT2D eigenvalue weighted by Gasteiger charge is 2.15. The topological polar surface area (TPSA) is 49.3 Å². The predicted molar refractivity (Wildman–Crippen MR) is 75.5 cm³/mol. The number of carbonyl (C=O) groups is 1. The van der Waals surface area contributed by atoms with Crippen molar-refractivity contribution in [2.24, 2.45) is 0 Å². The Bertz CT molecular complexity index is 689. The smallest absolute Gasteiger partial charge is 0.337 e. The van der Waals surface area contributed by atoms with Crippen LogP contribution in [0.4, 0.5) is 20.2 Å². The molecule has 20 heavy (non-hydrogen) atoms. The second kappa shape index (κ2) is 5.58. The van der Waals surface area contributed by atoms with Crippen LogP contribution in [-0.2, 0) is 0 Å². The Kier molecular flexibility index (Phi) is 4.04. The molecule has 104 valence electrons. The minimum Gasteiger partial charge on any atom is -0.478 e. The maximum atomic E-state index is 13.8. The van der Waals surface area contributed by atoms with Crippen LogP contribution in [0.1, 0.15) is 15.9 Å². The second-order valence-corrected chi connectivity index (χ2v) is 5.03. The Balaban J connectivity index is 2.50. The minimum absolute atomic E-state index is 0.190. The summed E-state index contributed by atoms with van der Waals surface area (Å²) >= 11 is 3.05. The van der Waals surface area contributed by atoms with E-state index in [0.717, 1.165) is 6.07 Å². The number of nitrogens with one attached hydrogen (secondary N) is 1. The lowest BCUT2D eigenvalue weighted by Gasteiger charge is -2.13. The van der Waals surface area contributed by atoms with Gasteiger partial charge in [0, 0.05) is 5.69 Å². The van der Waals surface area contributed by atoms with E-state index in [2.05, 4.69) is 21.2 Å². The lowest BCUT2D eigenvalue weighted by Crippen LogP contribution is -2.06. The first-order valence-electron chi connectivity index (χ1n) is 5.64. The minimum atomic E-state index is -1.26. The Morgan fingerprint density at radius 3 is 2.60 bits per heavy atom. The van der Waals surface area contributed by atoms with Crippen molar-refractivity contribution in [2.75, 3.05) is 5.32 Å². The van der Waals surface area contributed by atoms with Crippen LogP contribution in [0.15, 0.2) is 34.8 Å². The van der Waals surface area contributed by atoms with Crippen molar-refractivity contribution in [1.29, 1.82) is 0 Å². The second-order valence-electron chi connectivity index (χ2n) is 4.17. The van der Waals surface area contributed by atoms with Crippen LogP contribution in [0, 0.1) is 18.6 Å². The van der Waals surface area contributed by atoms with Crippen LogP contribution in [0.25, 0.3) is 0 Å². The molecule has 0 amide bonds. The fraction of sp³-hybridized carbons (Fsp3) is 0.0714. The van der Waals surface area contributed by atoms with Crippen LogP contribution in [0.3, 0.4) is 0 Å². The predicted octanol–water partition coefficient (Wildman–Crippen LogP) is 4.48. The van der Waals surface area contributed by atoms with Gasteiger partial charge in [0.15, 0.2) is 0 Å². The molecule has 0 bridgehead atoms. The molecule has 0 saturated heterocycles. The molecule has 6 heteroatoms. The summed E-state index contributed by atoms with van der Waals surface area (Å²) in [5, 5.41) is 11.7. The first-order valence-corrected chi connectivity index (χ1v) is 6.44. The van der Waals surface area contributed by atoms with Crippen molar-refractivity contribution in [3.05, 3.63) is 57.6 Å². The third kappa shape index (κ3) is 2.80. The first kappa shape index (κ1) is 14.5. The fourth-order valence-corrected chi connectivity index (χ4v) is 2.20. The Morgan fingerprint density at radius 1 is 1.25 bits per heavy atom. The molecule has 0 aliphatic carbocycles. The van der Waals surface area contributed by atoms with E-state index in [9.17, 15) is 13.6 Å². The molecular weight excluding hydrogens is 332 g/mol. The van der Waals surface area contributed by atoms with Crippen LogP contribution >= 0.6 is 15.9 Å². The highest BCUT2D eigenvalue weighted by molar-refractivity contribution is 9.10. The molecule has 0 aliphatic rings. The van der Waals surface area contributed by atoms with Gasteiger partial charge in [0.2, 0.25) is 0 Å². The summed E-state index contributed by atoms with van der Waals surface area (Å²) in [6.45, 7) is 1.70. The SMILES string of the molecule is Cc1cc(Br)c(F)cc1Nc1c(F)cccc1C(=O)O. The molecule has 0 fully saturated rings. The van der Waals surface area contributed by atoms with Gasteiger partial charge in [0.05, 0.1) is 15.7 Å². The Morgan fingerprint density at radius 2 is 1.95 bits per heavy atom. The molecule has 2 aromatic carbocycles. The molecule has 2 aromatic rings. The molecule has 3 nitrogen and oxygen atoms in total. The molecule has 2 N–H and O–H groups in total. The highest BCUT2D eigenvalue weighted by Crippen LogP contribution is 2.29. The van der Waals surface area contributed by atoms with E-state index in [-0.39, 0.29) is 15.7 Å². The highest BCUT2D eigenvalue weighted by atomic mass is 79.9. The van der Waals surface area contributed by atoms with Crippen molar-refractivity contribution in [2.45, 2.75) is 6.92 Å². The summed E-state index contributed by atoms with van der Waals surface area (Å²) in [6.07, 6.45) is 0. The number of aryl methyl sites for hydroxylation is 1. The number of halogens is 3. The van der Waals surface area contributed by atoms with E-state index in [1.165, 1.54) is 24.3 Å². The van der Waals surface area contributed by atoms with Gasteiger partial charge in [-0.05, 0) is 52.7 Å². The third-order valence-electron chi connectivity index (χ3n) is 2.77. The van der Waals surface area contributed by atoms with Gasteiger partial charge in [-0.3, -0.25) is 0 Å².